The van der Waals surface area contributed by atoms with Gasteiger partial charge < -0.3 is 15.2 Å². The Morgan fingerprint density at radius 2 is 1.71 bits per heavy atom. The topological polar surface area (TPSA) is 75.6 Å². The first-order valence-electron chi connectivity index (χ1n) is 7.52. The summed E-state index contributed by atoms with van der Waals surface area (Å²) >= 11 is 0. The van der Waals surface area contributed by atoms with Crippen LogP contribution in [0.3, 0.4) is 0 Å². The summed E-state index contributed by atoms with van der Waals surface area (Å²) in [5, 5.41) is 12.1. The average Bonchev–Trinajstić information content (AvgIpc) is 2.60. The minimum absolute atomic E-state index is 0.111. The third-order valence-electron chi connectivity index (χ3n) is 3.40. The lowest BCUT2D eigenvalue weighted by atomic mass is 10.3. The van der Waals surface area contributed by atoms with Crippen LogP contribution >= 0.6 is 0 Å². The fourth-order valence-corrected chi connectivity index (χ4v) is 2.98. The zero-order valence-electron chi connectivity index (χ0n) is 13.8. The molecule has 0 radical (unpaired) electrons. The standard InChI is InChI=1S/C16H13F6NO4S/c17-9-1-4-14(15(5-9)28(25,26)16(20,21)22)23-7-10(24)8-27-11-2-3-12(18)13(19)6-11/h1-6,10,23-24H,7-8H2. The maximum Gasteiger partial charge on any atom is 0.501 e. The van der Waals surface area contributed by atoms with Gasteiger partial charge >= 0.3 is 5.51 Å². The zero-order chi connectivity index (χ0) is 21.1. The number of nitrogens with one attached hydrogen (secondary N) is 1. The molecule has 0 aromatic heterocycles. The van der Waals surface area contributed by atoms with Crippen LogP contribution in [0.15, 0.2) is 41.3 Å². The Bertz CT molecular complexity index is 949. The largest absolute Gasteiger partial charge is 0.501 e. The number of alkyl halides is 3. The molecule has 0 amide bonds. The van der Waals surface area contributed by atoms with E-state index in [2.05, 4.69) is 5.32 Å². The van der Waals surface area contributed by atoms with Gasteiger partial charge in [-0.1, -0.05) is 0 Å². The van der Waals surface area contributed by atoms with Crippen LogP contribution in [0.25, 0.3) is 0 Å². The number of aliphatic hydroxyl groups is 1. The van der Waals surface area contributed by atoms with Crippen molar-refractivity contribution < 1.29 is 44.6 Å². The van der Waals surface area contributed by atoms with Gasteiger partial charge in [-0.15, -0.1) is 0 Å². The first kappa shape index (κ1) is 21.8. The van der Waals surface area contributed by atoms with E-state index in [0.29, 0.717) is 0 Å². The smallest absolute Gasteiger partial charge is 0.491 e. The number of benzene rings is 2. The van der Waals surface area contributed by atoms with Gasteiger partial charge in [-0.05, 0) is 30.3 Å². The molecule has 12 heteroatoms. The highest BCUT2D eigenvalue weighted by Gasteiger charge is 2.48. The minimum Gasteiger partial charge on any atom is -0.491 e. The fraction of sp³-hybridized carbons (Fsp3) is 0.250. The molecule has 1 atom stereocenters. The number of hydrogen-bond donors (Lipinski definition) is 2. The Balaban J connectivity index is 2.07. The highest BCUT2D eigenvalue weighted by Crippen LogP contribution is 2.34. The molecule has 0 heterocycles. The molecule has 2 N–H and O–H groups in total. The van der Waals surface area contributed by atoms with Crippen molar-refractivity contribution in [3.63, 3.8) is 0 Å². The molecule has 1 unspecified atom stereocenters. The first-order valence-corrected chi connectivity index (χ1v) is 9.01. The zero-order valence-corrected chi connectivity index (χ0v) is 14.6. The number of hydrogen-bond acceptors (Lipinski definition) is 5. The number of halogens is 6. The molecular weight excluding hydrogens is 416 g/mol. The Hall–Kier alpha value is -2.47. The second-order valence-corrected chi connectivity index (χ2v) is 7.42. The summed E-state index contributed by atoms with van der Waals surface area (Å²) in [4.78, 5) is -1.34. The van der Waals surface area contributed by atoms with Crippen LogP contribution in [0.5, 0.6) is 5.75 Å². The van der Waals surface area contributed by atoms with Gasteiger partial charge in [0.15, 0.2) is 11.6 Å². The van der Waals surface area contributed by atoms with Crippen LogP contribution in [0, 0.1) is 17.5 Å². The summed E-state index contributed by atoms with van der Waals surface area (Å²) in [6.45, 7) is -0.948. The van der Waals surface area contributed by atoms with Crippen molar-refractivity contribution in [1.29, 1.82) is 0 Å². The van der Waals surface area contributed by atoms with Gasteiger partial charge in [0.05, 0.1) is 5.69 Å². The third-order valence-corrected chi connectivity index (χ3v) is 4.93. The van der Waals surface area contributed by atoms with Gasteiger partial charge in [0, 0.05) is 12.6 Å². The molecular formula is C16H13F6NO4S. The summed E-state index contributed by atoms with van der Waals surface area (Å²) in [6.07, 6.45) is -1.38. The van der Waals surface area contributed by atoms with Gasteiger partial charge in [0.1, 0.15) is 29.2 Å². The monoisotopic (exact) mass is 429 g/mol. The van der Waals surface area contributed by atoms with Crippen LogP contribution in [-0.2, 0) is 9.84 Å². The Labute approximate surface area is 155 Å². The van der Waals surface area contributed by atoms with E-state index in [-0.39, 0.29) is 11.8 Å². The molecule has 0 saturated carbocycles. The molecule has 0 aliphatic carbocycles. The average molecular weight is 429 g/mol. The predicted octanol–water partition coefficient (Wildman–Crippen LogP) is 3.25. The lowest BCUT2D eigenvalue weighted by Gasteiger charge is -2.17. The molecule has 28 heavy (non-hydrogen) atoms. The quantitative estimate of drug-likeness (QED) is 0.661. The Morgan fingerprint density at radius 3 is 2.32 bits per heavy atom. The predicted molar refractivity (Wildman–Crippen MR) is 86.0 cm³/mol. The number of sulfone groups is 1. The molecule has 5 nitrogen and oxygen atoms in total. The Morgan fingerprint density at radius 1 is 1.04 bits per heavy atom. The summed E-state index contributed by atoms with van der Waals surface area (Å²) in [6, 6.07) is 4.33. The first-order chi connectivity index (χ1) is 12.9. The van der Waals surface area contributed by atoms with Crippen LogP contribution in [0.4, 0.5) is 32.0 Å². The van der Waals surface area contributed by atoms with Gasteiger partial charge in [-0.2, -0.15) is 13.2 Å². The van der Waals surface area contributed by atoms with Crippen molar-refractivity contribution in [2.75, 3.05) is 18.5 Å². The fourth-order valence-electron chi connectivity index (χ4n) is 2.03. The SMILES string of the molecule is O=S(=O)(c1cc(F)ccc1NCC(O)COc1ccc(F)c(F)c1)C(F)(F)F. The maximum atomic E-state index is 13.2. The number of aliphatic hydroxyl groups excluding tert-OH is 1. The van der Waals surface area contributed by atoms with E-state index >= 15 is 0 Å². The highest BCUT2D eigenvalue weighted by atomic mass is 32.2. The number of rotatable bonds is 7. The van der Waals surface area contributed by atoms with E-state index in [4.69, 9.17) is 4.74 Å². The molecule has 0 saturated heterocycles. The summed E-state index contributed by atoms with van der Waals surface area (Å²) in [5.74, 6) is -3.60. The van der Waals surface area contributed by atoms with Crippen molar-refractivity contribution in [1.82, 2.24) is 0 Å². The number of ether oxygens (including phenoxy) is 1. The van der Waals surface area contributed by atoms with Gasteiger partial charge in [-0.25, -0.2) is 21.6 Å². The molecule has 154 valence electrons. The lowest BCUT2D eigenvalue weighted by Crippen LogP contribution is -2.28. The van der Waals surface area contributed by atoms with E-state index in [1.54, 1.807) is 0 Å². The van der Waals surface area contributed by atoms with Crippen LogP contribution in [0.2, 0.25) is 0 Å². The van der Waals surface area contributed by atoms with E-state index in [9.17, 15) is 39.9 Å². The van der Waals surface area contributed by atoms with Gasteiger partial charge in [0.2, 0.25) is 0 Å². The molecule has 0 aliphatic heterocycles. The van der Waals surface area contributed by atoms with Crippen LogP contribution in [-0.4, -0.2) is 38.3 Å². The number of anilines is 1. The summed E-state index contributed by atoms with van der Waals surface area (Å²) in [7, 11) is -5.83. The van der Waals surface area contributed by atoms with Crippen molar-refractivity contribution >= 4 is 15.5 Å². The second kappa shape index (κ2) is 8.27. The van der Waals surface area contributed by atoms with Crippen LogP contribution in [0.1, 0.15) is 0 Å². The molecule has 0 spiro atoms. The Kier molecular flexibility index (Phi) is 6.44. The molecule has 2 rings (SSSR count). The van der Waals surface area contributed by atoms with Crippen molar-refractivity contribution in [2.24, 2.45) is 0 Å². The van der Waals surface area contributed by atoms with Crippen LogP contribution < -0.4 is 10.1 Å². The van der Waals surface area contributed by atoms with Crippen molar-refractivity contribution in [3.8, 4) is 5.75 Å². The third kappa shape index (κ3) is 5.07. The maximum absolute atomic E-state index is 13.2. The van der Waals surface area contributed by atoms with Gasteiger partial charge in [0.25, 0.3) is 9.84 Å². The molecule has 2 aromatic rings. The van der Waals surface area contributed by atoms with Gasteiger partial charge in [-0.3, -0.25) is 0 Å². The normalized spacial score (nSPS) is 13.2. The second-order valence-electron chi connectivity index (χ2n) is 5.51. The summed E-state index contributed by atoms with van der Waals surface area (Å²) < 4.78 is 105. The van der Waals surface area contributed by atoms with Crippen molar-refractivity contribution in [3.05, 3.63) is 53.8 Å². The molecule has 0 fully saturated rings. The lowest BCUT2D eigenvalue weighted by molar-refractivity contribution is -0.0435. The van der Waals surface area contributed by atoms with E-state index in [1.807, 2.05) is 0 Å². The van der Waals surface area contributed by atoms with E-state index in [1.165, 1.54) is 0 Å². The highest BCUT2D eigenvalue weighted by molar-refractivity contribution is 7.92. The molecule has 2 aromatic carbocycles. The van der Waals surface area contributed by atoms with E-state index in [0.717, 1.165) is 30.3 Å². The van der Waals surface area contributed by atoms with E-state index < -0.39 is 62.6 Å². The van der Waals surface area contributed by atoms with Crippen molar-refractivity contribution in [2.45, 2.75) is 16.5 Å². The molecule has 0 bridgehead atoms. The summed E-state index contributed by atoms with van der Waals surface area (Å²) in [5.41, 5.74) is -6.23. The molecule has 0 aliphatic rings. The minimum atomic E-state index is -5.83.